The van der Waals surface area contributed by atoms with Crippen LogP contribution in [0.15, 0.2) is 36.4 Å². The van der Waals surface area contributed by atoms with Crippen molar-refractivity contribution in [3.63, 3.8) is 0 Å². The Hall–Kier alpha value is -2.48. The molecule has 1 aliphatic heterocycles. The van der Waals surface area contributed by atoms with Crippen LogP contribution in [0.4, 0.5) is 5.69 Å². The Morgan fingerprint density at radius 2 is 1.86 bits per heavy atom. The van der Waals surface area contributed by atoms with E-state index in [0.29, 0.717) is 17.0 Å². The number of anilines is 1. The van der Waals surface area contributed by atoms with Crippen LogP contribution < -0.4 is 15.4 Å². The normalized spacial score (nSPS) is 14.2. The monoisotopic (exact) mass is 422 g/mol. The number of halogens is 1. The summed E-state index contributed by atoms with van der Waals surface area (Å²) in [4.78, 5) is 11.5. The second-order valence-electron chi connectivity index (χ2n) is 7.70. The molecular formula is C21H27ClN2O5. The van der Waals surface area contributed by atoms with Gasteiger partial charge in [-0.3, -0.25) is 4.79 Å². The lowest BCUT2D eigenvalue weighted by Crippen LogP contribution is -2.42. The van der Waals surface area contributed by atoms with Gasteiger partial charge in [-0.1, -0.05) is 12.1 Å². The third-order valence-corrected chi connectivity index (χ3v) is 4.83. The van der Waals surface area contributed by atoms with Crippen molar-refractivity contribution < 1.29 is 24.9 Å². The number of phenolic OH excluding ortho intramolecular Hbond substituents is 2. The zero-order chi connectivity index (χ0) is 20.3. The fraction of sp³-hybridized carbons (Fsp3) is 0.381. The van der Waals surface area contributed by atoms with Crippen LogP contribution in [0.3, 0.4) is 0 Å². The van der Waals surface area contributed by atoms with Crippen LogP contribution in [-0.4, -0.2) is 39.9 Å². The topological polar surface area (TPSA) is 111 Å². The number of amides is 1. The summed E-state index contributed by atoms with van der Waals surface area (Å²) in [6.07, 6.45) is 0.742. The largest absolute Gasteiger partial charge is 0.508 e. The first-order valence-electron chi connectivity index (χ1n) is 9.24. The number of β-amino-alcohol motifs (C(OH)–C–C–N with tert-alkyl or cyclic N) is 1. The number of rotatable bonds is 7. The first kappa shape index (κ1) is 22.8. The first-order valence-corrected chi connectivity index (χ1v) is 9.24. The average Bonchev–Trinajstić information content (AvgIpc) is 2.65. The number of ether oxygens (including phenoxy) is 1. The fourth-order valence-corrected chi connectivity index (χ4v) is 3.15. The molecule has 3 rings (SSSR count). The first-order chi connectivity index (χ1) is 13.2. The summed E-state index contributed by atoms with van der Waals surface area (Å²) in [6, 6.07) is 9.98. The number of hydrogen-bond acceptors (Lipinski definition) is 6. The van der Waals surface area contributed by atoms with E-state index in [4.69, 9.17) is 4.74 Å². The number of carbonyl (C=O) groups is 1. The molecule has 29 heavy (non-hydrogen) atoms. The minimum atomic E-state index is -0.913. The molecule has 2 aromatic rings. The molecule has 0 fully saturated rings. The van der Waals surface area contributed by atoms with Gasteiger partial charge in [0.1, 0.15) is 17.2 Å². The molecule has 0 aliphatic carbocycles. The molecule has 0 spiro atoms. The van der Waals surface area contributed by atoms with Gasteiger partial charge >= 0.3 is 0 Å². The van der Waals surface area contributed by atoms with Crippen molar-refractivity contribution in [3.05, 3.63) is 47.5 Å². The minimum Gasteiger partial charge on any atom is -0.508 e. The number of hydrogen-bond donors (Lipinski definition) is 5. The molecule has 0 saturated carbocycles. The van der Waals surface area contributed by atoms with Crippen LogP contribution >= 0.6 is 12.4 Å². The number of aliphatic hydroxyl groups is 1. The van der Waals surface area contributed by atoms with E-state index in [0.717, 1.165) is 18.4 Å². The molecule has 0 bridgehead atoms. The summed E-state index contributed by atoms with van der Waals surface area (Å²) in [7, 11) is 0. The van der Waals surface area contributed by atoms with E-state index in [-0.39, 0.29) is 48.5 Å². The number of nitrogens with one attached hydrogen (secondary N) is 2. The van der Waals surface area contributed by atoms with E-state index in [2.05, 4.69) is 24.5 Å². The molecule has 158 valence electrons. The highest BCUT2D eigenvalue weighted by Gasteiger charge is 2.26. The molecule has 0 aromatic heterocycles. The second-order valence-corrected chi connectivity index (χ2v) is 7.70. The molecule has 7 nitrogen and oxygen atoms in total. The van der Waals surface area contributed by atoms with Crippen LogP contribution in [0, 0.1) is 0 Å². The van der Waals surface area contributed by atoms with Crippen molar-refractivity contribution >= 4 is 24.0 Å². The molecular weight excluding hydrogens is 396 g/mol. The number of carbonyl (C=O) groups excluding carboxylic acids is 1. The summed E-state index contributed by atoms with van der Waals surface area (Å²) >= 11 is 0. The highest BCUT2D eigenvalue weighted by atomic mass is 35.5. The molecule has 1 heterocycles. The molecule has 1 unspecified atom stereocenters. The third kappa shape index (κ3) is 6.00. The van der Waals surface area contributed by atoms with Gasteiger partial charge in [-0.15, -0.1) is 12.4 Å². The van der Waals surface area contributed by atoms with Crippen molar-refractivity contribution in [2.75, 3.05) is 18.5 Å². The van der Waals surface area contributed by atoms with E-state index in [1.165, 1.54) is 12.1 Å². The molecule has 1 amide bonds. The Balaban J connectivity index is 0.00000300. The van der Waals surface area contributed by atoms with Crippen molar-refractivity contribution in [3.8, 4) is 17.2 Å². The van der Waals surface area contributed by atoms with Gasteiger partial charge in [0, 0.05) is 23.7 Å². The van der Waals surface area contributed by atoms with E-state index in [9.17, 15) is 20.1 Å². The Kier molecular flexibility index (Phi) is 7.35. The zero-order valence-corrected chi connectivity index (χ0v) is 17.3. The van der Waals surface area contributed by atoms with Gasteiger partial charge in [0.05, 0.1) is 11.8 Å². The standard InChI is InChI=1S/C21H26N2O5.ClH/c1-21(2,8-7-13-3-5-14(24)6-4-13)22-11-18(26)16-9-15(25)10-17-20(16)28-12-19(27)23-17;/h3-6,9-10,18,22,24-26H,7-8,11-12H2,1-2H3,(H,23,27);1H. The van der Waals surface area contributed by atoms with Crippen LogP contribution in [0.1, 0.15) is 37.5 Å². The zero-order valence-electron chi connectivity index (χ0n) is 16.4. The van der Waals surface area contributed by atoms with Crippen molar-refractivity contribution in [2.24, 2.45) is 0 Å². The number of phenols is 2. The fourth-order valence-electron chi connectivity index (χ4n) is 3.15. The Morgan fingerprint density at radius 1 is 1.17 bits per heavy atom. The summed E-state index contributed by atoms with van der Waals surface area (Å²) in [5.41, 5.74) is 1.67. The van der Waals surface area contributed by atoms with Gasteiger partial charge in [0.2, 0.25) is 0 Å². The van der Waals surface area contributed by atoms with Gasteiger partial charge in [-0.2, -0.15) is 0 Å². The second kappa shape index (κ2) is 9.35. The lowest BCUT2D eigenvalue weighted by molar-refractivity contribution is -0.118. The summed E-state index contributed by atoms with van der Waals surface area (Å²) in [5, 5.41) is 35.9. The van der Waals surface area contributed by atoms with E-state index < -0.39 is 6.10 Å². The molecule has 1 aliphatic rings. The highest BCUT2D eigenvalue weighted by molar-refractivity contribution is 5.96. The lowest BCUT2D eigenvalue weighted by Gasteiger charge is -2.29. The number of aromatic hydroxyl groups is 2. The lowest BCUT2D eigenvalue weighted by atomic mass is 9.94. The molecule has 8 heteroatoms. The minimum absolute atomic E-state index is 0. The van der Waals surface area contributed by atoms with Crippen molar-refractivity contribution in [1.29, 1.82) is 0 Å². The molecule has 5 N–H and O–H groups in total. The predicted octanol–water partition coefficient (Wildman–Crippen LogP) is 2.88. The van der Waals surface area contributed by atoms with Gasteiger partial charge in [0.25, 0.3) is 5.91 Å². The molecule has 0 radical (unpaired) electrons. The smallest absolute Gasteiger partial charge is 0.262 e. The van der Waals surface area contributed by atoms with Gasteiger partial charge in [-0.25, -0.2) is 0 Å². The quantitative estimate of drug-likeness (QED) is 0.469. The van der Waals surface area contributed by atoms with Crippen LogP contribution in [0.25, 0.3) is 0 Å². The van der Waals surface area contributed by atoms with Gasteiger partial charge in [-0.05, 0) is 50.5 Å². The maximum absolute atomic E-state index is 11.5. The third-order valence-electron chi connectivity index (χ3n) is 4.83. The Bertz CT molecular complexity index is 855. The molecule has 2 aromatic carbocycles. The Morgan fingerprint density at radius 3 is 2.55 bits per heavy atom. The average molecular weight is 423 g/mol. The van der Waals surface area contributed by atoms with Crippen molar-refractivity contribution in [2.45, 2.75) is 38.3 Å². The number of fused-ring (bicyclic) bond motifs is 1. The SMILES string of the molecule is CC(C)(CCc1ccc(O)cc1)NCC(O)c1cc(O)cc2c1OCC(=O)N2.Cl. The number of aliphatic hydroxyl groups excluding tert-OH is 1. The highest BCUT2D eigenvalue weighted by Crippen LogP contribution is 2.38. The van der Waals surface area contributed by atoms with Crippen molar-refractivity contribution in [1.82, 2.24) is 5.32 Å². The van der Waals surface area contributed by atoms with E-state index >= 15 is 0 Å². The molecule has 1 atom stereocenters. The maximum Gasteiger partial charge on any atom is 0.262 e. The van der Waals surface area contributed by atoms with Gasteiger partial charge < -0.3 is 30.7 Å². The van der Waals surface area contributed by atoms with Crippen LogP contribution in [0.5, 0.6) is 17.2 Å². The summed E-state index contributed by atoms with van der Waals surface area (Å²) in [5.74, 6) is 0.280. The molecule has 0 saturated heterocycles. The number of benzene rings is 2. The van der Waals surface area contributed by atoms with E-state index in [1.807, 2.05) is 12.1 Å². The Labute approximate surface area is 176 Å². The number of aryl methyl sites for hydroxylation is 1. The van der Waals surface area contributed by atoms with Crippen LogP contribution in [0.2, 0.25) is 0 Å². The predicted molar refractivity (Wildman–Crippen MR) is 113 cm³/mol. The summed E-state index contributed by atoms with van der Waals surface area (Å²) in [6.45, 7) is 4.24. The van der Waals surface area contributed by atoms with Gasteiger partial charge in [0.15, 0.2) is 6.61 Å². The maximum atomic E-state index is 11.5. The van der Waals surface area contributed by atoms with E-state index in [1.54, 1.807) is 12.1 Å². The summed E-state index contributed by atoms with van der Waals surface area (Å²) < 4.78 is 5.46. The van der Waals surface area contributed by atoms with Crippen LogP contribution in [-0.2, 0) is 11.2 Å².